The fourth-order valence-corrected chi connectivity index (χ4v) is 3.38. The maximum Gasteiger partial charge on any atom is 0.262 e. The molecule has 0 aromatic heterocycles. The Hall–Kier alpha value is -3.18. The molecule has 0 bridgehead atoms. The number of rotatable bonds is 9. The number of aryl methyl sites for hydroxylation is 2. The van der Waals surface area contributed by atoms with Crippen LogP contribution in [-0.2, 0) is 11.3 Å². The third-order valence-corrected chi connectivity index (χ3v) is 5.62. The first-order chi connectivity index (χ1) is 15.4. The van der Waals surface area contributed by atoms with Gasteiger partial charge >= 0.3 is 0 Å². The number of carbonyl (C=O) groups is 1. The Morgan fingerprint density at radius 2 is 1.75 bits per heavy atom. The maximum atomic E-state index is 12.3. The molecule has 0 unspecified atom stereocenters. The Morgan fingerprint density at radius 1 is 0.938 bits per heavy atom. The number of nitrogens with one attached hydrogen (secondary N) is 2. The van der Waals surface area contributed by atoms with Crippen molar-refractivity contribution in [1.82, 2.24) is 0 Å². The van der Waals surface area contributed by atoms with Crippen LogP contribution >= 0.6 is 11.6 Å². The molecule has 0 atom stereocenters. The summed E-state index contributed by atoms with van der Waals surface area (Å²) >= 11 is 6.12. The third-order valence-electron chi connectivity index (χ3n) is 5.21. The van der Waals surface area contributed by atoms with Crippen LogP contribution in [0.1, 0.15) is 29.2 Å². The van der Waals surface area contributed by atoms with Crippen molar-refractivity contribution in [1.29, 1.82) is 0 Å². The first-order valence-corrected chi connectivity index (χ1v) is 11.0. The summed E-state index contributed by atoms with van der Waals surface area (Å²) in [6.07, 6.45) is 0. The molecular formula is C26H29ClN2O3. The lowest BCUT2D eigenvalue weighted by Gasteiger charge is -2.15. The number of amides is 1. The van der Waals surface area contributed by atoms with Crippen LogP contribution in [0.5, 0.6) is 11.5 Å². The maximum absolute atomic E-state index is 12.3. The van der Waals surface area contributed by atoms with Crippen molar-refractivity contribution in [3.8, 4) is 11.5 Å². The molecule has 0 aliphatic heterocycles. The number of carbonyl (C=O) groups excluding carboxylic acids is 1. The van der Waals surface area contributed by atoms with Gasteiger partial charge in [0.1, 0.15) is 0 Å². The van der Waals surface area contributed by atoms with Crippen LogP contribution in [0.3, 0.4) is 0 Å². The van der Waals surface area contributed by atoms with Gasteiger partial charge in [0.15, 0.2) is 18.1 Å². The van der Waals surface area contributed by atoms with Crippen molar-refractivity contribution in [2.75, 3.05) is 23.8 Å². The molecule has 2 N–H and O–H groups in total. The van der Waals surface area contributed by atoms with Crippen LogP contribution in [0.25, 0.3) is 0 Å². The summed E-state index contributed by atoms with van der Waals surface area (Å²) in [4.78, 5) is 12.3. The van der Waals surface area contributed by atoms with Crippen molar-refractivity contribution in [2.45, 2.75) is 34.2 Å². The Morgan fingerprint density at radius 3 is 2.50 bits per heavy atom. The van der Waals surface area contributed by atoms with Crippen molar-refractivity contribution in [3.05, 3.63) is 81.9 Å². The minimum Gasteiger partial charge on any atom is -0.490 e. The number of hydrogen-bond acceptors (Lipinski definition) is 4. The molecule has 5 nitrogen and oxygen atoms in total. The summed E-state index contributed by atoms with van der Waals surface area (Å²) in [6, 6.07) is 17.3. The predicted molar refractivity (Wildman–Crippen MR) is 131 cm³/mol. The van der Waals surface area contributed by atoms with Crippen LogP contribution < -0.4 is 20.1 Å². The first kappa shape index (κ1) is 23.5. The predicted octanol–water partition coefficient (Wildman–Crippen LogP) is 6.29. The molecule has 1 amide bonds. The highest BCUT2D eigenvalue weighted by molar-refractivity contribution is 6.31. The van der Waals surface area contributed by atoms with Crippen molar-refractivity contribution in [3.63, 3.8) is 0 Å². The van der Waals surface area contributed by atoms with Crippen molar-refractivity contribution >= 4 is 28.9 Å². The summed E-state index contributed by atoms with van der Waals surface area (Å²) in [7, 11) is 0. The van der Waals surface area contributed by atoms with E-state index in [4.69, 9.17) is 21.1 Å². The second-order valence-electron chi connectivity index (χ2n) is 7.62. The molecule has 0 aliphatic carbocycles. The van der Waals surface area contributed by atoms with Crippen LogP contribution in [0.4, 0.5) is 11.4 Å². The molecule has 3 aromatic carbocycles. The van der Waals surface area contributed by atoms with Gasteiger partial charge < -0.3 is 20.1 Å². The lowest BCUT2D eigenvalue weighted by Crippen LogP contribution is -2.20. The average molecular weight is 453 g/mol. The molecule has 3 aromatic rings. The van der Waals surface area contributed by atoms with Gasteiger partial charge in [-0.05, 0) is 80.3 Å². The van der Waals surface area contributed by atoms with Crippen molar-refractivity contribution in [2.24, 2.45) is 0 Å². The molecule has 0 heterocycles. The molecule has 0 spiro atoms. The van der Waals surface area contributed by atoms with E-state index in [-0.39, 0.29) is 12.5 Å². The smallest absolute Gasteiger partial charge is 0.262 e. The van der Waals surface area contributed by atoms with Gasteiger partial charge in [-0.2, -0.15) is 0 Å². The van der Waals surface area contributed by atoms with Gasteiger partial charge in [-0.1, -0.05) is 35.9 Å². The van der Waals surface area contributed by atoms with Crippen LogP contribution in [0, 0.1) is 20.8 Å². The van der Waals surface area contributed by atoms with E-state index < -0.39 is 0 Å². The SMILES string of the molecule is CCOc1cc(CNc2cccc(C)c2C)ccc1OCC(=O)Nc1ccc(C)c(Cl)c1. The van der Waals surface area contributed by atoms with Crippen LogP contribution in [0.2, 0.25) is 5.02 Å². The zero-order valence-electron chi connectivity index (χ0n) is 18.9. The number of anilines is 2. The molecule has 0 aliphatic rings. The lowest BCUT2D eigenvalue weighted by molar-refractivity contribution is -0.118. The minimum absolute atomic E-state index is 0.133. The second-order valence-corrected chi connectivity index (χ2v) is 8.02. The van der Waals surface area contributed by atoms with Gasteiger partial charge in [0.25, 0.3) is 5.91 Å². The Bertz CT molecular complexity index is 1100. The van der Waals surface area contributed by atoms with Gasteiger partial charge in [0, 0.05) is 22.9 Å². The molecule has 0 radical (unpaired) electrons. The average Bonchev–Trinajstić information content (AvgIpc) is 2.77. The highest BCUT2D eigenvalue weighted by Gasteiger charge is 2.11. The summed E-state index contributed by atoms with van der Waals surface area (Å²) in [6.45, 7) is 9.05. The number of benzene rings is 3. The van der Waals surface area contributed by atoms with E-state index in [1.165, 1.54) is 11.1 Å². The summed E-state index contributed by atoms with van der Waals surface area (Å²) in [5.74, 6) is 0.867. The Balaban J connectivity index is 1.62. The van der Waals surface area contributed by atoms with E-state index in [0.717, 1.165) is 16.8 Å². The molecule has 0 saturated carbocycles. The molecular weight excluding hydrogens is 424 g/mol. The van der Waals surface area contributed by atoms with E-state index in [2.05, 4.69) is 36.6 Å². The highest BCUT2D eigenvalue weighted by atomic mass is 35.5. The quantitative estimate of drug-likeness (QED) is 0.400. The fraction of sp³-hybridized carbons (Fsp3) is 0.269. The molecule has 0 fully saturated rings. The molecule has 32 heavy (non-hydrogen) atoms. The minimum atomic E-state index is -0.270. The largest absolute Gasteiger partial charge is 0.490 e. The van der Waals surface area contributed by atoms with Gasteiger partial charge in [-0.25, -0.2) is 0 Å². The summed E-state index contributed by atoms with van der Waals surface area (Å²) in [5.41, 5.74) is 6.23. The molecule has 6 heteroatoms. The van der Waals surface area contributed by atoms with Crippen molar-refractivity contribution < 1.29 is 14.3 Å². The summed E-state index contributed by atoms with van der Waals surface area (Å²) < 4.78 is 11.5. The Labute approximate surface area is 194 Å². The van der Waals surface area contributed by atoms with Crippen LogP contribution in [-0.4, -0.2) is 19.1 Å². The molecule has 3 rings (SSSR count). The molecule has 168 valence electrons. The van der Waals surface area contributed by atoms with E-state index >= 15 is 0 Å². The second kappa shape index (κ2) is 10.9. The topological polar surface area (TPSA) is 59.6 Å². The van der Waals surface area contributed by atoms with Gasteiger partial charge in [0.2, 0.25) is 0 Å². The normalized spacial score (nSPS) is 10.5. The highest BCUT2D eigenvalue weighted by Crippen LogP contribution is 2.29. The fourth-order valence-electron chi connectivity index (χ4n) is 3.20. The number of halogens is 1. The summed E-state index contributed by atoms with van der Waals surface area (Å²) in [5, 5.41) is 6.87. The van der Waals surface area contributed by atoms with E-state index in [0.29, 0.717) is 35.4 Å². The molecule has 0 saturated heterocycles. The van der Waals surface area contributed by atoms with E-state index in [9.17, 15) is 4.79 Å². The Kier molecular flexibility index (Phi) is 8.01. The van der Waals surface area contributed by atoms with E-state index in [1.807, 2.05) is 50.2 Å². The van der Waals surface area contributed by atoms with E-state index in [1.54, 1.807) is 6.07 Å². The number of ether oxygens (including phenoxy) is 2. The third kappa shape index (κ3) is 6.17. The lowest BCUT2D eigenvalue weighted by atomic mass is 10.1. The van der Waals surface area contributed by atoms with Gasteiger partial charge in [0.05, 0.1) is 6.61 Å². The van der Waals surface area contributed by atoms with Crippen LogP contribution in [0.15, 0.2) is 54.6 Å². The number of hydrogen-bond donors (Lipinski definition) is 2. The monoisotopic (exact) mass is 452 g/mol. The standard InChI is InChI=1S/C26H29ClN2O3/c1-5-31-25-13-20(15-28-23-8-6-7-17(2)19(23)4)10-12-24(25)32-16-26(30)29-21-11-9-18(3)22(27)14-21/h6-14,28H,5,15-16H2,1-4H3,(H,29,30). The van der Waals surface area contributed by atoms with Gasteiger partial charge in [-0.3, -0.25) is 4.79 Å². The zero-order valence-corrected chi connectivity index (χ0v) is 19.7. The van der Waals surface area contributed by atoms with Gasteiger partial charge in [-0.15, -0.1) is 0 Å². The first-order valence-electron chi connectivity index (χ1n) is 10.6. The zero-order chi connectivity index (χ0) is 23.1.